The third kappa shape index (κ3) is 8.44. The maximum atomic E-state index is 12.5. The Kier molecular flexibility index (Phi) is 14.8. The van der Waals surface area contributed by atoms with Gasteiger partial charge in [-0.05, 0) is 25.7 Å². The number of rotatable bonds is 16. The van der Waals surface area contributed by atoms with Gasteiger partial charge in [-0.2, -0.15) is 0 Å². The summed E-state index contributed by atoms with van der Waals surface area (Å²) in [5.74, 6) is -1.01. The molecule has 0 unspecified atom stereocenters. The van der Waals surface area contributed by atoms with Crippen molar-refractivity contribution >= 4 is 50.5 Å². The molecule has 0 amide bonds. The van der Waals surface area contributed by atoms with Crippen molar-refractivity contribution in [1.29, 1.82) is 0 Å². The van der Waals surface area contributed by atoms with Gasteiger partial charge in [-0.15, -0.1) is 0 Å². The quantitative estimate of drug-likeness (QED) is 0.198. The summed E-state index contributed by atoms with van der Waals surface area (Å²) in [5, 5.41) is 0. The van der Waals surface area contributed by atoms with Crippen LogP contribution in [0.25, 0.3) is 0 Å². The van der Waals surface area contributed by atoms with E-state index < -0.39 is 29.5 Å². The van der Waals surface area contributed by atoms with Gasteiger partial charge in [0.2, 0.25) is 21.0 Å². The highest BCUT2D eigenvalue weighted by atomic mass is 28.4. The van der Waals surface area contributed by atoms with E-state index in [1.165, 1.54) is 42.7 Å². The van der Waals surface area contributed by atoms with Crippen LogP contribution in [0.5, 0.6) is 0 Å². The minimum atomic E-state index is -2.78. The Morgan fingerprint density at radius 1 is 0.600 bits per heavy atom. The molecular formula is C16H36O10Si4. The molecule has 0 bridgehead atoms. The molecule has 0 aromatic heterocycles. The average molecular weight is 501 g/mol. The highest BCUT2D eigenvalue weighted by molar-refractivity contribution is 6.60. The number of carbonyl (C=O) groups is 2. The molecule has 0 atom stereocenters. The second-order valence-electron chi connectivity index (χ2n) is 6.24. The summed E-state index contributed by atoms with van der Waals surface area (Å²) in [7, 11) is 4.06. The van der Waals surface area contributed by atoms with Crippen molar-refractivity contribution in [3.63, 3.8) is 0 Å². The van der Waals surface area contributed by atoms with Crippen LogP contribution in [-0.2, 0) is 45.0 Å². The molecule has 0 aromatic carbocycles. The van der Waals surface area contributed by atoms with Gasteiger partial charge in [-0.3, -0.25) is 0 Å². The minimum absolute atomic E-state index is 0.219. The van der Waals surface area contributed by atoms with Gasteiger partial charge in [0.05, 0.1) is 0 Å². The maximum absolute atomic E-state index is 12.5. The Balaban J connectivity index is 5.58. The highest BCUT2D eigenvalue weighted by Gasteiger charge is 2.38. The van der Waals surface area contributed by atoms with Crippen LogP contribution < -0.4 is 0 Å². The second kappa shape index (κ2) is 15.2. The van der Waals surface area contributed by atoms with Crippen LogP contribution in [0.15, 0.2) is 11.1 Å². The van der Waals surface area contributed by atoms with E-state index in [0.717, 1.165) is 0 Å². The van der Waals surface area contributed by atoms with Gasteiger partial charge in [0, 0.05) is 65.9 Å². The molecule has 0 radical (unpaired) electrons. The van der Waals surface area contributed by atoms with Crippen molar-refractivity contribution in [1.82, 2.24) is 0 Å². The molecular weight excluding hydrogens is 465 g/mol. The lowest BCUT2D eigenvalue weighted by Gasteiger charge is -2.25. The van der Waals surface area contributed by atoms with E-state index in [2.05, 4.69) is 0 Å². The molecule has 30 heavy (non-hydrogen) atoms. The van der Waals surface area contributed by atoms with Crippen LogP contribution in [-0.4, -0.2) is 93.2 Å². The Labute approximate surface area is 187 Å². The van der Waals surface area contributed by atoms with Gasteiger partial charge < -0.3 is 35.4 Å². The van der Waals surface area contributed by atoms with Gasteiger partial charge in [-0.1, -0.05) is 0 Å². The SMILES string of the molecule is CO[Si](CCC/C(C(=O)O[SiH3])=C(\CCC[Si](OC)(OC)OC)C(=O)O[SiH3])(OC)OC. The summed E-state index contributed by atoms with van der Waals surface area (Å²) in [4.78, 5) is 25.0. The first-order valence-corrected chi connectivity index (χ1v) is 15.0. The first-order valence-electron chi connectivity index (χ1n) is 9.47. The fraction of sp³-hybridized carbons (Fsp3) is 0.750. The molecule has 0 heterocycles. The molecule has 0 saturated heterocycles. The first-order chi connectivity index (χ1) is 14.3. The zero-order valence-electron chi connectivity index (χ0n) is 19.3. The third-order valence-corrected chi connectivity index (χ3v) is 11.3. The Morgan fingerprint density at radius 3 is 1.07 bits per heavy atom. The minimum Gasteiger partial charge on any atom is -0.525 e. The molecule has 0 aromatic rings. The highest BCUT2D eigenvalue weighted by Crippen LogP contribution is 2.26. The lowest BCUT2D eigenvalue weighted by atomic mass is 10.00. The van der Waals surface area contributed by atoms with Crippen molar-refractivity contribution in [3.05, 3.63) is 11.1 Å². The van der Waals surface area contributed by atoms with Gasteiger partial charge >= 0.3 is 29.5 Å². The van der Waals surface area contributed by atoms with E-state index in [9.17, 15) is 9.59 Å². The molecule has 0 N–H and O–H groups in total. The molecule has 0 aliphatic rings. The van der Waals surface area contributed by atoms with E-state index >= 15 is 0 Å². The average Bonchev–Trinajstić information content (AvgIpc) is 2.80. The van der Waals surface area contributed by atoms with Crippen LogP contribution in [0.2, 0.25) is 12.1 Å². The molecule has 0 rings (SSSR count). The summed E-state index contributed by atoms with van der Waals surface area (Å²) >= 11 is 0. The lowest BCUT2D eigenvalue weighted by molar-refractivity contribution is -0.133. The number of hydrogen-bond acceptors (Lipinski definition) is 10. The van der Waals surface area contributed by atoms with E-state index in [-0.39, 0.29) is 21.0 Å². The largest absolute Gasteiger partial charge is 0.525 e. The Hall–Kier alpha value is -0.692. The number of carbonyl (C=O) groups excluding carboxylic acids is 2. The second-order valence-corrected chi connectivity index (χ2v) is 13.2. The van der Waals surface area contributed by atoms with Crippen molar-refractivity contribution in [3.8, 4) is 0 Å². The molecule has 0 saturated carbocycles. The predicted octanol–water partition coefficient (Wildman–Crippen LogP) is -0.753. The van der Waals surface area contributed by atoms with Gasteiger partial charge in [0.25, 0.3) is 0 Å². The van der Waals surface area contributed by atoms with E-state index in [1.807, 2.05) is 0 Å². The molecule has 0 spiro atoms. The smallest absolute Gasteiger partial charge is 0.500 e. The first kappa shape index (κ1) is 29.3. The zero-order chi connectivity index (χ0) is 23.2. The normalized spacial score (nSPS) is 13.3. The van der Waals surface area contributed by atoms with Gasteiger partial charge in [0.1, 0.15) is 0 Å². The predicted molar refractivity (Wildman–Crippen MR) is 121 cm³/mol. The van der Waals surface area contributed by atoms with Crippen LogP contribution in [0.3, 0.4) is 0 Å². The van der Waals surface area contributed by atoms with E-state index in [0.29, 0.717) is 48.9 Å². The molecule has 10 nitrogen and oxygen atoms in total. The van der Waals surface area contributed by atoms with Crippen LogP contribution >= 0.6 is 0 Å². The molecule has 0 aliphatic heterocycles. The van der Waals surface area contributed by atoms with Gasteiger partial charge in [0.15, 0.2) is 0 Å². The van der Waals surface area contributed by atoms with Crippen LogP contribution in [0.1, 0.15) is 25.7 Å². The molecule has 0 fully saturated rings. The maximum Gasteiger partial charge on any atom is 0.500 e. The zero-order valence-corrected chi connectivity index (χ0v) is 25.3. The third-order valence-electron chi connectivity index (χ3n) is 4.91. The Bertz CT molecular complexity index is 500. The van der Waals surface area contributed by atoms with Crippen LogP contribution in [0, 0.1) is 0 Å². The van der Waals surface area contributed by atoms with E-state index in [1.54, 1.807) is 0 Å². The fourth-order valence-electron chi connectivity index (χ4n) is 3.07. The van der Waals surface area contributed by atoms with Crippen molar-refractivity contribution in [2.75, 3.05) is 42.7 Å². The summed E-state index contributed by atoms with van der Waals surface area (Å²) in [5.41, 5.74) is 0.633. The van der Waals surface area contributed by atoms with Crippen molar-refractivity contribution in [2.45, 2.75) is 37.8 Å². The fourth-order valence-corrected chi connectivity index (χ4v) is 7.01. The molecule has 176 valence electrons. The molecule has 14 heteroatoms. The number of hydrogen-bond donors (Lipinski definition) is 0. The summed E-state index contributed by atoms with van der Waals surface area (Å²) < 4.78 is 42.6. The Morgan fingerprint density at radius 2 is 0.867 bits per heavy atom. The molecule has 0 aliphatic carbocycles. The summed E-state index contributed by atoms with van der Waals surface area (Å²) in [6.45, 7) is 0. The standard InChI is InChI=1S/C16H36O10Si4/c1-19-29(20-2,21-3)11-7-9-13(15(17)25-27)14(16(18)26-28)10-8-12-30(22-4,23-5)24-6/h7-12H2,1-6,27-28H3/b14-13-. The van der Waals surface area contributed by atoms with Crippen molar-refractivity contribution < 1.29 is 45.0 Å². The van der Waals surface area contributed by atoms with Gasteiger partial charge in [-0.25, -0.2) is 9.59 Å². The van der Waals surface area contributed by atoms with Crippen molar-refractivity contribution in [2.24, 2.45) is 0 Å². The van der Waals surface area contributed by atoms with Crippen LogP contribution in [0.4, 0.5) is 0 Å². The van der Waals surface area contributed by atoms with E-state index in [4.69, 9.17) is 35.4 Å². The monoisotopic (exact) mass is 500 g/mol. The summed E-state index contributed by atoms with van der Waals surface area (Å²) in [6.07, 6.45) is 1.69. The topological polar surface area (TPSA) is 108 Å². The lowest BCUT2D eigenvalue weighted by Crippen LogP contribution is -2.42. The summed E-state index contributed by atoms with van der Waals surface area (Å²) in [6, 6.07) is 0.981.